The molecule has 0 amide bonds. The monoisotopic (exact) mass is 434 g/mol. The van der Waals surface area contributed by atoms with E-state index in [0.29, 0.717) is 0 Å². The first kappa shape index (κ1) is 21.2. The maximum Gasteiger partial charge on any atom is 0.422 e. The zero-order valence-electron chi connectivity index (χ0n) is 14.8. The molecule has 0 saturated heterocycles. The summed E-state index contributed by atoms with van der Waals surface area (Å²) >= 11 is 0. The van der Waals surface area contributed by atoms with Crippen LogP contribution in [-0.2, 0) is 0 Å². The SMILES string of the molecule is O=c1cc(-c2ccn[nH]2)nc(OCC(F)(F)F)n1-c1ccc(OCC(F)(F)F)cc1. The van der Waals surface area contributed by atoms with Crippen LogP contribution in [0.25, 0.3) is 17.1 Å². The number of hydrogen-bond acceptors (Lipinski definition) is 5. The number of hydrogen-bond donors (Lipinski definition) is 1. The lowest BCUT2D eigenvalue weighted by Crippen LogP contribution is -2.26. The van der Waals surface area contributed by atoms with Crippen molar-refractivity contribution in [3.05, 3.63) is 52.9 Å². The second kappa shape index (κ2) is 8.08. The number of H-pyrrole nitrogens is 1. The topological polar surface area (TPSA) is 82.0 Å². The van der Waals surface area contributed by atoms with E-state index in [9.17, 15) is 31.1 Å². The highest BCUT2D eigenvalue weighted by Crippen LogP contribution is 2.24. The van der Waals surface area contributed by atoms with Gasteiger partial charge in [-0.3, -0.25) is 9.89 Å². The molecule has 0 aliphatic heterocycles. The molecule has 13 heteroatoms. The summed E-state index contributed by atoms with van der Waals surface area (Å²) in [5.41, 5.74) is -0.501. The third-order valence-electron chi connectivity index (χ3n) is 3.53. The van der Waals surface area contributed by atoms with Crippen molar-refractivity contribution >= 4 is 0 Å². The molecular formula is C17H12F6N4O3. The molecule has 0 unspecified atom stereocenters. The van der Waals surface area contributed by atoms with Gasteiger partial charge >= 0.3 is 18.4 Å². The van der Waals surface area contributed by atoms with E-state index in [0.717, 1.165) is 22.8 Å². The van der Waals surface area contributed by atoms with Gasteiger partial charge in [0.2, 0.25) is 0 Å². The first-order valence-electron chi connectivity index (χ1n) is 8.15. The van der Waals surface area contributed by atoms with Crippen LogP contribution in [0.5, 0.6) is 11.8 Å². The van der Waals surface area contributed by atoms with Crippen LogP contribution in [0.1, 0.15) is 0 Å². The molecule has 0 spiro atoms. The fourth-order valence-electron chi connectivity index (χ4n) is 2.34. The molecule has 2 aromatic heterocycles. The van der Waals surface area contributed by atoms with Gasteiger partial charge in [-0.05, 0) is 30.3 Å². The van der Waals surface area contributed by atoms with Crippen molar-refractivity contribution in [3.8, 4) is 28.8 Å². The number of nitrogens with zero attached hydrogens (tertiary/aromatic N) is 3. The van der Waals surface area contributed by atoms with Crippen LogP contribution in [0.2, 0.25) is 0 Å². The van der Waals surface area contributed by atoms with Gasteiger partial charge in [-0.25, -0.2) is 4.57 Å². The minimum absolute atomic E-state index is 0.00365. The molecule has 0 fully saturated rings. The molecule has 0 saturated carbocycles. The molecular weight excluding hydrogens is 422 g/mol. The van der Waals surface area contributed by atoms with Gasteiger partial charge < -0.3 is 9.47 Å². The van der Waals surface area contributed by atoms with E-state index in [2.05, 4.69) is 19.9 Å². The highest BCUT2D eigenvalue weighted by atomic mass is 19.4. The molecule has 0 bridgehead atoms. The summed E-state index contributed by atoms with van der Waals surface area (Å²) in [5.74, 6) is -0.149. The van der Waals surface area contributed by atoms with Crippen molar-refractivity contribution < 1.29 is 35.8 Å². The van der Waals surface area contributed by atoms with E-state index in [1.807, 2.05) is 0 Å². The Bertz CT molecular complexity index is 1040. The summed E-state index contributed by atoms with van der Waals surface area (Å²) in [6.45, 7) is -3.23. The summed E-state index contributed by atoms with van der Waals surface area (Å²) in [5, 5.41) is 6.21. The molecule has 2 heterocycles. The zero-order chi connectivity index (χ0) is 21.9. The lowest BCUT2D eigenvalue weighted by atomic mass is 10.2. The number of halogens is 6. The van der Waals surface area contributed by atoms with E-state index >= 15 is 0 Å². The van der Waals surface area contributed by atoms with Crippen LogP contribution in [0.4, 0.5) is 26.3 Å². The maximum atomic E-state index is 12.6. The molecule has 3 rings (SSSR count). The Balaban J connectivity index is 1.97. The molecule has 160 valence electrons. The summed E-state index contributed by atoms with van der Waals surface area (Å²) in [7, 11) is 0. The van der Waals surface area contributed by atoms with E-state index in [-0.39, 0.29) is 22.8 Å². The van der Waals surface area contributed by atoms with Crippen molar-refractivity contribution in [3.63, 3.8) is 0 Å². The standard InChI is InChI=1S/C17H12F6N4O3/c18-16(19,20)8-29-11-3-1-10(2-4-11)27-14(28)7-13(12-5-6-24-26-12)25-15(27)30-9-17(21,22)23/h1-7H,8-9H2,(H,24,26). The molecule has 0 aliphatic rings. The Kier molecular flexibility index (Phi) is 5.71. The predicted molar refractivity (Wildman–Crippen MR) is 90.5 cm³/mol. The minimum Gasteiger partial charge on any atom is -0.484 e. The highest BCUT2D eigenvalue weighted by molar-refractivity contribution is 5.54. The van der Waals surface area contributed by atoms with Gasteiger partial charge in [0.05, 0.1) is 17.1 Å². The minimum atomic E-state index is -4.69. The van der Waals surface area contributed by atoms with E-state index in [1.165, 1.54) is 24.4 Å². The first-order valence-corrected chi connectivity index (χ1v) is 8.15. The van der Waals surface area contributed by atoms with Crippen molar-refractivity contribution in [2.24, 2.45) is 0 Å². The lowest BCUT2D eigenvalue weighted by molar-refractivity contribution is -0.155. The molecule has 0 radical (unpaired) electrons. The molecule has 30 heavy (non-hydrogen) atoms. The largest absolute Gasteiger partial charge is 0.484 e. The molecule has 7 nitrogen and oxygen atoms in total. The number of alkyl halides is 6. The first-order chi connectivity index (χ1) is 14.0. The summed E-state index contributed by atoms with van der Waals surface area (Å²) in [4.78, 5) is 16.5. The quantitative estimate of drug-likeness (QED) is 0.601. The Labute approximate surface area is 163 Å². The Morgan fingerprint density at radius 1 is 0.933 bits per heavy atom. The highest BCUT2D eigenvalue weighted by Gasteiger charge is 2.30. The Hall–Kier alpha value is -3.51. The number of aromatic amines is 1. The van der Waals surface area contributed by atoms with Crippen molar-refractivity contribution in [1.82, 2.24) is 19.7 Å². The van der Waals surface area contributed by atoms with Gasteiger partial charge in [-0.15, -0.1) is 0 Å². The summed E-state index contributed by atoms with van der Waals surface area (Å²) in [6, 6.07) is 6.46. The average molecular weight is 434 g/mol. The van der Waals surface area contributed by atoms with Crippen LogP contribution < -0.4 is 15.0 Å². The number of ether oxygens (including phenoxy) is 2. The lowest BCUT2D eigenvalue weighted by Gasteiger charge is -2.15. The number of rotatable bonds is 6. The average Bonchev–Trinajstić information content (AvgIpc) is 3.18. The van der Waals surface area contributed by atoms with Gasteiger partial charge in [0.25, 0.3) is 5.56 Å². The molecule has 0 atom stereocenters. The second-order valence-electron chi connectivity index (χ2n) is 5.87. The van der Waals surface area contributed by atoms with Crippen LogP contribution in [0, 0.1) is 0 Å². The van der Waals surface area contributed by atoms with E-state index in [1.54, 1.807) is 0 Å². The van der Waals surface area contributed by atoms with E-state index in [4.69, 9.17) is 4.74 Å². The van der Waals surface area contributed by atoms with Crippen molar-refractivity contribution in [2.75, 3.05) is 13.2 Å². The number of nitrogens with one attached hydrogen (secondary N) is 1. The van der Waals surface area contributed by atoms with Gasteiger partial charge in [0.15, 0.2) is 13.2 Å². The summed E-state index contributed by atoms with van der Waals surface area (Å²) < 4.78 is 84.6. The van der Waals surface area contributed by atoms with Crippen LogP contribution in [0.3, 0.4) is 0 Å². The predicted octanol–water partition coefficient (Wildman–Crippen LogP) is 3.50. The van der Waals surface area contributed by atoms with Gasteiger partial charge in [0, 0.05) is 12.3 Å². The maximum absolute atomic E-state index is 12.6. The Morgan fingerprint density at radius 2 is 1.57 bits per heavy atom. The third kappa shape index (κ3) is 5.52. The van der Waals surface area contributed by atoms with Crippen molar-refractivity contribution in [2.45, 2.75) is 12.4 Å². The van der Waals surface area contributed by atoms with Crippen molar-refractivity contribution in [1.29, 1.82) is 0 Å². The summed E-state index contributed by atoms with van der Waals surface area (Å²) in [6.07, 6.45) is -7.87. The zero-order valence-corrected chi connectivity index (χ0v) is 14.8. The van der Waals surface area contributed by atoms with Crippen LogP contribution in [-0.4, -0.2) is 45.3 Å². The fourth-order valence-corrected chi connectivity index (χ4v) is 2.34. The number of benzene rings is 1. The fraction of sp³-hybridized carbons (Fsp3) is 0.235. The molecule has 1 N–H and O–H groups in total. The van der Waals surface area contributed by atoms with Gasteiger partial charge in [-0.1, -0.05) is 0 Å². The smallest absolute Gasteiger partial charge is 0.422 e. The normalized spacial score (nSPS) is 12.1. The molecule has 3 aromatic rings. The van der Waals surface area contributed by atoms with Gasteiger partial charge in [0.1, 0.15) is 5.75 Å². The van der Waals surface area contributed by atoms with E-state index < -0.39 is 37.1 Å². The number of aromatic nitrogens is 4. The second-order valence-corrected chi connectivity index (χ2v) is 5.87. The third-order valence-corrected chi connectivity index (χ3v) is 3.53. The van der Waals surface area contributed by atoms with Crippen LogP contribution >= 0.6 is 0 Å². The molecule has 0 aliphatic carbocycles. The van der Waals surface area contributed by atoms with Crippen LogP contribution in [0.15, 0.2) is 47.4 Å². The molecule has 1 aromatic carbocycles. The Morgan fingerprint density at radius 3 is 2.13 bits per heavy atom. The van der Waals surface area contributed by atoms with Gasteiger partial charge in [-0.2, -0.15) is 36.4 Å².